The topological polar surface area (TPSA) is 112 Å². The number of hydrogen-bond donors (Lipinski definition) is 1. The molecule has 1 aliphatic heterocycles. The number of methoxy groups -OCH3 is 1. The van der Waals surface area contributed by atoms with Gasteiger partial charge in [0.1, 0.15) is 5.75 Å². The van der Waals surface area contributed by atoms with Crippen molar-refractivity contribution in [2.75, 3.05) is 13.9 Å². The molecule has 0 aliphatic carbocycles. The minimum absolute atomic E-state index is 0.000337. The summed E-state index contributed by atoms with van der Waals surface area (Å²) in [5.41, 5.74) is 2.63. The summed E-state index contributed by atoms with van der Waals surface area (Å²) < 4.78 is 15.3. The van der Waals surface area contributed by atoms with E-state index in [-0.39, 0.29) is 18.0 Å². The summed E-state index contributed by atoms with van der Waals surface area (Å²) >= 11 is 0. The minimum Gasteiger partial charge on any atom is -0.497 e. The first kappa shape index (κ1) is 16.2. The Labute approximate surface area is 142 Å². The van der Waals surface area contributed by atoms with E-state index in [9.17, 15) is 14.9 Å². The van der Waals surface area contributed by atoms with E-state index in [0.29, 0.717) is 22.8 Å². The lowest BCUT2D eigenvalue weighted by Gasteiger charge is -2.03. The van der Waals surface area contributed by atoms with Gasteiger partial charge in [-0.2, -0.15) is 5.10 Å². The summed E-state index contributed by atoms with van der Waals surface area (Å²) in [6.45, 7) is -0.000337. The maximum atomic E-state index is 12.1. The minimum atomic E-state index is -0.562. The molecule has 0 saturated heterocycles. The largest absolute Gasteiger partial charge is 0.497 e. The Morgan fingerprint density at radius 3 is 2.80 bits per heavy atom. The molecule has 0 radical (unpaired) electrons. The van der Waals surface area contributed by atoms with Crippen molar-refractivity contribution in [1.29, 1.82) is 0 Å². The number of benzene rings is 2. The SMILES string of the molecule is COc1cccc(C(=O)NN=Cc2cc3c(cc2[N+](=O)[O-])OCO3)c1. The summed E-state index contributed by atoms with van der Waals surface area (Å²) in [5.74, 6) is 0.733. The number of carbonyl (C=O) groups is 1. The van der Waals surface area contributed by atoms with E-state index < -0.39 is 10.8 Å². The van der Waals surface area contributed by atoms with E-state index in [0.717, 1.165) is 0 Å². The van der Waals surface area contributed by atoms with Crippen LogP contribution in [0.3, 0.4) is 0 Å². The van der Waals surface area contributed by atoms with Crippen molar-refractivity contribution in [3.05, 3.63) is 57.6 Å². The smallest absolute Gasteiger partial charge is 0.282 e. The molecule has 0 unspecified atom stereocenters. The first-order valence-corrected chi connectivity index (χ1v) is 7.14. The fraction of sp³-hybridized carbons (Fsp3) is 0.125. The average molecular weight is 343 g/mol. The zero-order valence-corrected chi connectivity index (χ0v) is 13.1. The molecule has 1 N–H and O–H groups in total. The van der Waals surface area contributed by atoms with Crippen LogP contribution in [0.25, 0.3) is 0 Å². The molecule has 2 aromatic carbocycles. The van der Waals surface area contributed by atoms with Gasteiger partial charge in [-0.1, -0.05) is 6.07 Å². The monoisotopic (exact) mass is 343 g/mol. The number of ether oxygens (including phenoxy) is 3. The Kier molecular flexibility index (Phi) is 4.46. The predicted molar refractivity (Wildman–Crippen MR) is 87.3 cm³/mol. The standard InChI is InChI=1S/C16H13N3O6/c1-23-12-4-2-3-10(5-12)16(20)18-17-8-11-6-14-15(25-9-24-14)7-13(11)19(21)22/h2-8H,9H2,1H3,(H,18,20). The molecule has 9 heteroatoms. The van der Waals surface area contributed by atoms with E-state index in [1.54, 1.807) is 24.3 Å². The van der Waals surface area contributed by atoms with Gasteiger partial charge < -0.3 is 14.2 Å². The van der Waals surface area contributed by atoms with Crippen LogP contribution in [0.4, 0.5) is 5.69 Å². The molecule has 0 bridgehead atoms. The third kappa shape index (κ3) is 3.50. The van der Waals surface area contributed by atoms with Gasteiger partial charge in [-0.15, -0.1) is 0 Å². The van der Waals surface area contributed by atoms with E-state index in [1.807, 2.05) is 0 Å². The van der Waals surface area contributed by atoms with Crippen LogP contribution in [0.1, 0.15) is 15.9 Å². The maximum Gasteiger partial charge on any atom is 0.282 e. The second-order valence-corrected chi connectivity index (χ2v) is 4.95. The third-order valence-electron chi connectivity index (χ3n) is 3.42. The molecule has 0 fully saturated rings. The van der Waals surface area contributed by atoms with E-state index in [4.69, 9.17) is 14.2 Å². The average Bonchev–Trinajstić information content (AvgIpc) is 3.08. The Hall–Kier alpha value is -3.62. The number of fused-ring (bicyclic) bond motifs is 1. The van der Waals surface area contributed by atoms with Gasteiger partial charge in [-0.25, -0.2) is 5.43 Å². The quantitative estimate of drug-likeness (QED) is 0.505. The van der Waals surface area contributed by atoms with Gasteiger partial charge in [0, 0.05) is 5.56 Å². The van der Waals surface area contributed by atoms with Crippen LogP contribution in [-0.2, 0) is 0 Å². The van der Waals surface area contributed by atoms with Crippen molar-refractivity contribution in [2.45, 2.75) is 0 Å². The lowest BCUT2D eigenvalue weighted by atomic mass is 10.1. The maximum absolute atomic E-state index is 12.1. The van der Waals surface area contributed by atoms with Crippen LogP contribution >= 0.6 is 0 Å². The van der Waals surface area contributed by atoms with Gasteiger partial charge >= 0.3 is 0 Å². The van der Waals surface area contributed by atoms with Crippen molar-refractivity contribution in [3.63, 3.8) is 0 Å². The first-order chi connectivity index (χ1) is 12.1. The molecule has 3 rings (SSSR count). The van der Waals surface area contributed by atoms with E-state index in [2.05, 4.69) is 10.5 Å². The highest BCUT2D eigenvalue weighted by molar-refractivity contribution is 5.95. The number of nitro benzene ring substituents is 1. The summed E-state index contributed by atoms with van der Waals surface area (Å²) in [7, 11) is 1.49. The molecule has 1 aliphatic rings. The van der Waals surface area contributed by atoms with Gasteiger partial charge in [0.15, 0.2) is 11.5 Å². The lowest BCUT2D eigenvalue weighted by Crippen LogP contribution is -2.17. The Morgan fingerprint density at radius 1 is 1.32 bits per heavy atom. The Bertz CT molecular complexity index is 865. The molecule has 0 atom stereocenters. The van der Waals surface area contributed by atoms with Gasteiger partial charge in [-0.3, -0.25) is 14.9 Å². The molecule has 2 aromatic rings. The second-order valence-electron chi connectivity index (χ2n) is 4.95. The van der Waals surface area contributed by atoms with Crippen molar-refractivity contribution in [2.24, 2.45) is 5.10 Å². The highest BCUT2D eigenvalue weighted by Crippen LogP contribution is 2.37. The van der Waals surface area contributed by atoms with E-state index >= 15 is 0 Å². The molecule has 9 nitrogen and oxygen atoms in total. The van der Waals surface area contributed by atoms with Gasteiger partial charge in [0.05, 0.1) is 29.9 Å². The summed E-state index contributed by atoms with van der Waals surface area (Å²) in [4.78, 5) is 22.6. The zero-order valence-electron chi connectivity index (χ0n) is 13.1. The summed E-state index contributed by atoms with van der Waals surface area (Å²) in [6.07, 6.45) is 1.18. The van der Waals surface area contributed by atoms with Crippen LogP contribution in [-0.4, -0.2) is 30.9 Å². The Morgan fingerprint density at radius 2 is 2.08 bits per heavy atom. The van der Waals surface area contributed by atoms with Crippen LogP contribution in [0.2, 0.25) is 0 Å². The summed E-state index contributed by atoms with van der Waals surface area (Å²) in [5, 5.41) is 14.9. The number of nitrogens with zero attached hydrogens (tertiary/aromatic N) is 2. The van der Waals surface area contributed by atoms with Crippen LogP contribution in [0, 0.1) is 10.1 Å². The van der Waals surface area contributed by atoms with Crippen molar-refractivity contribution >= 4 is 17.8 Å². The third-order valence-corrected chi connectivity index (χ3v) is 3.42. The molecule has 0 spiro atoms. The number of hydrogen-bond acceptors (Lipinski definition) is 7. The number of amides is 1. The van der Waals surface area contributed by atoms with Crippen molar-refractivity contribution in [3.8, 4) is 17.2 Å². The predicted octanol–water partition coefficient (Wildman–Crippen LogP) is 2.10. The highest BCUT2D eigenvalue weighted by Gasteiger charge is 2.22. The normalized spacial score (nSPS) is 12.2. The summed E-state index contributed by atoms with van der Waals surface area (Å²) in [6, 6.07) is 9.20. The zero-order chi connectivity index (χ0) is 17.8. The first-order valence-electron chi connectivity index (χ1n) is 7.14. The van der Waals surface area contributed by atoms with Crippen LogP contribution in [0.5, 0.6) is 17.2 Å². The molecule has 0 saturated carbocycles. The highest BCUT2D eigenvalue weighted by atomic mass is 16.7. The van der Waals surface area contributed by atoms with Crippen LogP contribution < -0.4 is 19.6 Å². The number of rotatable bonds is 5. The van der Waals surface area contributed by atoms with Crippen molar-refractivity contribution < 1.29 is 23.9 Å². The van der Waals surface area contributed by atoms with Gasteiger partial charge in [-0.05, 0) is 24.3 Å². The van der Waals surface area contributed by atoms with Gasteiger partial charge in [0.2, 0.25) is 6.79 Å². The van der Waals surface area contributed by atoms with Crippen molar-refractivity contribution in [1.82, 2.24) is 5.43 Å². The molecule has 1 heterocycles. The number of carbonyl (C=O) groups excluding carboxylic acids is 1. The molecular formula is C16H13N3O6. The molecule has 25 heavy (non-hydrogen) atoms. The number of hydrazone groups is 1. The number of nitro groups is 1. The fourth-order valence-corrected chi connectivity index (χ4v) is 2.20. The number of nitrogens with one attached hydrogen (secondary N) is 1. The molecule has 128 valence electrons. The molecule has 1 amide bonds. The lowest BCUT2D eigenvalue weighted by molar-refractivity contribution is -0.385. The fourth-order valence-electron chi connectivity index (χ4n) is 2.20. The molecule has 0 aromatic heterocycles. The molecular weight excluding hydrogens is 330 g/mol. The van der Waals surface area contributed by atoms with E-state index in [1.165, 1.54) is 25.5 Å². The second kappa shape index (κ2) is 6.87. The van der Waals surface area contributed by atoms with Crippen LogP contribution in [0.15, 0.2) is 41.5 Å². The van der Waals surface area contributed by atoms with Gasteiger partial charge in [0.25, 0.3) is 11.6 Å². The Balaban J connectivity index is 1.78.